The molecule has 114 valence electrons. The molecule has 0 radical (unpaired) electrons. The van der Waals surface area contributed by atoms with Crippen molar-refractivity contribution in [2.24, 2.45) is 0 Å². The summed E-state index contributed by atoms with van der Waals surface area (Å²) < 4.78 is 47.9. The van der Waals surface area contributed by atoms with Crippen LogP contribution in [0.5, 0.6) is 0 Å². The van der Waals surface area contributed by atoms with E-state index in [1.165, 1.54) is 18.2 Å². The molecule has 0 unspecified atom stereocenters. The molecule has 2 rings (SSSR count). The van der Waals surface area contributed by atoms with Gasteiger partial charge in [-0.25, -0.2) is 26.6 Å². The number of carboxylic acids is 1. The molecule has 0 saturated heterocycles. The van der Waals surface area contributed by atoms with Gasteiger partial charge in [-0.2, -0.15) is 0 Å². The number of hydrogen-bond acceptors (Lipinski definition) is 7. The van der Waals surface area contributed by atoms with E-state index in [9.17, 15) is 21.6 Å². The molecular weight excluding hydrogens is 340 g/mol. The topological polar surface area (TPSA) is 130 Å². The van der Waals surface area contributed by atoms with Gasteiger partial charge in [-0.3, -0.25) is 4.72 Å². The number of nitrogens with zero attached hydrogens (tertiary/aromatic N) is 1. The average molecular weight is 350 g/mol. The van der Waals surface area contributed by atoms with Crippen LogP contribution in [-0.2, 0) is 19.9 Å². The van der Waals surface area contributed by atoms with E-state index in [2.05, 4.69) is 9.71 Å². The van der Waals surface area contributed by atoms with Crippen LogP contribution in [0.15, 0.2) is 18.2 Å². The molecular formula is C10H10N2O6S3. The molecule has 8 nitrogen and oxygen atoms in total. The molecule has 0 spiro atoms. The first-order valence-electron chi connectivity index (χ1n) is 5.38. The maximum atomic E-state index is 11.6. The third kappa shape index (κ3) is 4.12. The third-order valence-electron chi connectivity index (χ3n) is 2.25. The Labute approximate surface area is 124 Å². The first-order chi connectivity index (χ1) is 9.56. The van der Waals surface area contributed by atoms with Crippen molar-refractivity contribution in [3.8, 4) is 0 Å². The quantitative estimate of drug-likeness (QED) is 0.813. The van der Waals surface area contributed by atoms with Gasteiger partial charge in [0, 0.05) is 6.26 Å². The van der Waals surface area contributed by atoms with Crippen molar-refractivity contribution in [1.29, 1.82) is 0 Å². The maximum Gasteiger partial charge on any atom is 0.335 e. The van der Waals surface area contributed by atoms with E-state index in [-0.39, 0.29) is 10.7 Å². The van der Waals surface area contributed by atoms with Crippen molar-refractivity contribution >= 4 is 52.5 Å². The fraction of sp³-hybridized carbons (Fsp3) is 0.200. The van der Waals surface area contributed by atoms with Crippen LogP contribution in [-0.4, -0.2) is 44.2 Å². The number of aromatic carboxylic acids is 1. The Morgan fingerprint density at radius 2 is 2.00 bits per heavy atom. The number of hydrogen-bond donors (Lipinski definition) is 2. The van der Waals surface area contributed by atoms with E-state index in [0.717, 1.165) is 17.6 Å². The highest BCUT2D eigenvalue weighted by atomic mass is 32.3. The lowest BCUT2D eigenvalue weighted by molar-refractivity contribution is 0.0697. The highest BCUT2D eigenvalue weighted by Gasteiger charge is 2.20. The monoisotopic (exact) mass is 350 g/mol. The molecule has 1 aromatic carbocycles. The number of carbonyl (C=O) groups is 1. The highest BCUT2D eigenvalue weighted by molar-refractivity contribution is 8.08. The lowest BCUT2D eigenvalue weighted by Crippen LogP contribution is -2.22. The molecule has 0 bridgehead atoms. The van der Waals surface area contributed by atoms with Crippen molar-refractivity contribution in [2.75, 3.05) is 16.1 Å². The number of aromatic nitrogens is 1. The number of rotatable bonds is 5. The lowest BCUT2D eigenvalue weighted by atomic mass is 10.2. The minimum Gasteiger partial charge on any atom is -0.478 e. The molecule has 0 aliphatic heterocycles. The fourth-order valence-electron chi connectivity index (χ4n) is 1.55. The Bertz CT molecular complexity index is 913. The van der Waals surface area contributed by atoms with Crippen molar-refractivity contribution in [3.63, 3.8) is 0 Å². The molecule has 11 heteroatoms. The molecule has 2 aromatic rings. The van der Waals surface area contributed by atoms with E-state index in [1.54, 1.807) is 0 Å². The Kier molecular flexibility index (Phi) is 3.91. The number of sulfonamides is 1. The van der Waals surface area contributed by atoms with E-state index in [0.29, 0.717) is 10.2 Å². The Hall–Kier alpha value is -1.72. The molecule has 0 fully saturated rings. The molecule has 0 atom stereocenters. The number of fused-ring (bicyclic) bond motifs is 1. The normalized spacial score (nSPS) is 12.4. The number of sulfone groups is 1. The van der Waals surface area contributed by atoms with Gasteiger partial charge in [0.15, 0.2) is 20.1 Å². The summed E-state index contributed by atoms with van der Waals surface area (Å²) in [5, 5.41) is 7.81. The Morgan fingerprint density at radius 3 is 2.57 bits per heavy atom. The molecule has 1 heterocycles. The van der Waals surface area contributed by atoms with Gasteiger partial charge in [-0.15, -0.1) is 0 Å². The third-order valence-corrected chi connectivity index (χ3v) is 6.77. The summed E-state index contributed by atoms with van der Waals surface area (Å²) in [6, 6.07) is 4.16. The molecule has 0 aliphatic rings. The SMILES string of the molecule is CS(=O)(=O)CS(=O)(=O)Nc1nc2ccc(C(=O)O)cc2s1. The van der Waals surface area contributed by atoms with E-state index in [1.807, 2.05) is 0 Å². The summed E-state index contributed by atoms with van der Waals surface area (Å²) in [4.78, 5) is 14.8. The smallest absolute Gasteiger partial charge is 0.335 e. The molecule has 2 N–H and O–H groups in total. The van der Waals surface area contributed by atoms with Gasteiger partial charge >= 0.3 is 5.97 Å². The summed E-state index contributed by atoms with van der Waals surface area (Å²) in [6.07, 6.45) is 0.809. The van der Waals surface area contributed by atoms with Gasteiger partial charge in [-0.1, -0.05) is 11.3 Å². The summed E-state index contributed by atoms with van der Waals surface area (Å²) >= 11 is 0.922. The zero-order valence-corrected chi connectivity index (χ0v) is 13.0. The molecule has 0 amide bonds. The lowest BCUT2D eigenvalue weighted by Gasteiger charge is -2.02. The van der Waals surface area contributed by atoms with Crippen molar-refractivity contribution < 1.29 is 26.7 Å². The standard InChI is InChI=1S/C10H10N2O6S3/c1-20(15,16)5-21(17,18)12-10-11-7-3-2-6(9(13)14)4-8(7)19-10/h2-4H,5H2,1H3,(H,11,12)(H,13,14). The predicted molar refractivity (Wildman–Crippen MR) is 78.8 cm³/mol. The summed E-state index contributed by atoms with van der Waals surface area (Å²) in [6.45, 7) is 0. The fourth-order valence-corrected chi connectivity index (χ4v) is 5.65. The minimum absolute atomic E-state index is 0.0174. The van der Waals surface area contributed by atoms with Crippen molar-refractivity contribution in [3.05, 3.63) is 23.8 Å². The first-order valence-corrected chi connectivity index (χ1v) is 9.91. The summed E-state index contributed by atoms with van der Waals surface area (Å²) in [5.41, 5.74) is 0.471. The first kappa shape index (κ1) is 15.7. The summed E-state index contributed by atoms with van der Waals surface area (Å²) in [5.74, 6) is -1.11. The van der Waals surface area contributed by atoms with Crippen LogP contribution < -0.4 is 4.72 Å². The molecule has 0 aliphatic carbocycles. The van der Waals surface area contributed by atoms with Crippen molar-refractivity contribution in [2.45, 2.75) is 0 Å². The maximum absolute atomic E-state index is 11.6. The van der Waals surface area contributed by atoms with Crippen LogP contribution in [0.25, 0.3) is 10.2 Å². The average Bonchev–Trinajstić information content (AvgIpc) is 2.64. The number of carboxylic acid groups (broad SMARTS) is 1. The number of anilines is 1. The number of thiazole rings is 1. The van der Waals surface area contributed by atoms with Crippen molar-refractivity contribution in [1.82, 2.24) is 4.98 Å². The zero-order valence-electron chi connectivity index (χ0n) is 10.6. The van der Waals surface area contributed by atoms with Gasteiger partial charge in [0.1, 0.15) is 0 Å². The van der Waals surface area contributed by atoms with Crippen LogP contribution in [0.3, 0.4) is 0 Å². The van der Waals surface area contributed by atoms with E-state index in [4.69, 9.17) is 5.11 Å². The molecule has 1 aromatic heterocycles. The van der Waals surface area contributed by atoms with Gasteiger partial charge in [-0.05, 0) is 18.2 Å². The second-order valence-corrected chi connectivity index (χ2v) is 9.53. The van der Waals surface area contributed by atoms with Gasteiger partial charge in [0.05, 0.1) is 15.8 Å². The largest absolute Gasteiger partial charge is 0.478 e. The van der Waals surface area contributed by atoms with Gasteiger partial charge in [0.25, 0.3) is 0 Å². The van der Waals surface area contributed by atoms with Crippen LogP contribution in [0.2, 0.25) is 0 Å². The second kappa shape index (κ2) is 5.24. The van der Waals surface area contributed by atoms with Crippen LogP contribution in [0.4, 0.5) is 5.13 Å². The molecule has 21 heavy (non-hydrogen) atoms. The van der Waals surface area contributed by atoms with E-state index < -0.39 is 30.9 Å². The van der Waals surface area contributed by atoms with E-state index >= 15 is 0 Å². The summed E-state index contributed by atoms with van der Waals surface area (Å²) in [7, 11) is -7.77. The van der Waals surface area contributed by atoms with Gasteiger partial charge < -0.3 is 5.11 Å². The van der Waals surface area contributed by atoms with Crippen LogP contribution >= 0.6 is 11.3 Å². The number of nitrogens with one attached hydrogen (secondary N) is 1. The van der Waals surface area contributed by atoms with Crippen LogP contribution in [0, 0.1) is 0 Å². The Morgan fingerprint density at radius 1 is 1.33 bits per heavy atom. The second-order valence-electron chi connectivity index (χ2n) is 4.27. The van der Waals surface area contributed by atoms with Gasteiger partial charge in [0.2, 0.25) is 10.0 Å². The van der Waals surface area contributed by atoms with Crippen LogP contribution in [0.1, 0.15) is 10.4 Å². The number of benzene rings is 1. The Balaban J connectivity index is 2.34. The highest BCUT2D eigenvalue weighted by Crippen LogP contribution is 2.27. The minimum atomic E-state index is -4.07. The molecule has 0 saturated carbocycles. The zero-order chi connectivity index (χ0) is 15.8. The predicted octanol–water partition coefficient (Wildman–Crippen LogP) is 0.738.